The molecule has 0 amide bonds. The molecule has 0 aliphatic rings. The van der Waals surface area contributed by atoms with Crippen molar-refractivity contribution in [2.75, 3.05) is 0 Å². The summed E-state index contributed by atoms with van der Waals surface area (Å²) in [5, 5.41) is 8.41. The lowest BCUT2D eigenvalue weighted by Gasteiger charge is -1.95. The average molecular weight is 263 g/mol. The van der Waals surface area contributed by atoms with Crippen molar-refractivity contribution < 1.29 is 9.90 Å². The lowest BCUT2D eigenvalue weighted by molar-refractivity contribution is -0.137. The molecule has 0 aliphatic heterocycles. The van der Waals surface area contributed by atoms with Gasteiger partial charge in [-0.05, 0) is 47.3 Å². The van der Waals surface area contributed by atoms with Crippen molar-refractivity contribution in [2.45, 2.75) is 25.7 Å². The number of hydrogen-bond acceptors (Lipinski definition) is 2. The van der Waals surface area contributed by atoms with Gasteiger partial charge < -0.3 is 5.11 Å². The molecule has 0 unspecified atom stereocenters. The Balaban J connectivity index is 2.16. The Morgan fingerprint density at radius 2 is 2.23 bits per heavy atom. The van der Waals surface area contributed by atoms with Gasteiger partial charge in [-0.25, -0.2) is 0 Å². The van der Waals surface area contributed by atoms with Gasteiger partial charge >= 0.3 is 5.97 Å². The Labute approximate surface area is 89.7 Å². The minimum atomic E-state index is -0.702. The average Bonchev–Trinajstić information content (AvgIpc) is 2.45. The van der Waals surface area contributed by atoms with E-state index in [1.807, 2.05) is 6.07 Å². The molecule has 1 aromatic rings. The van der Waals surface area contributed by atoms with E-state index < -0.39 is 5.97 Å². The number of rotatable bonds is 5. The maximum Gasteiger partial charge on any atom is 0.303 e. The lowest BCUT2D eigenvalue weighted by Crippen LogP contribution is -1.94. The van der Waals surface area contributed by atoms with E-state index in [9.17, 15) is 4.79 Å². The van der Waals surface area contributed by atoms with E-state index >= 15 is 0 Å². The van der Waals surface area contributed by atoms with Crippen molar-refractivity contribution in [3.63, 3.8) is 0 Å². The van der Waals surface area contributed by atoms with Gasteiger partial charge in [-0.15, -0.1) is 11.3 Å². The molecule has 1 N–H and O–H groups in total. The minimum Gasteiger partial charge on any atom is -0.481 e. The van der Waals surface area contributed by atoms with E-state index in [0.717, 1.165) is 23.0 Å². The number of carboxylic acids is 1. The van der Waals surface area contributed by atoms with Crippen LogP contribution in [0.3, 0.4) is 0 Å². The molecule has 2 nitrogen and oxygen atoms in total. The Morgan fingerprint density at radius 3 is 2.77 bits per heavy atom. The maximum absolute atomic E-state index is 10.2. The van der Waals surface area contributed by atoms with Crippen molar-refractivity contribution in [1.29, 1.82) is 0 Å². The molecule has 0 spiro atoms. The molecule has 0 saturated carbocycles. The molecule has 0 aliphatic carbocycles. The van der Waals surface area contributed by atoms with Gasteiger partial charge in [0.2, 0.25) is 0 Å². The molecule has 72 valence electrons. The summed E-state index contributed by atoms with van der Waals surface area (Å²) in [6, 6.07) is 4.10. The van der Waals surface area contributed by atoms with E-state index in [2.05, 4.69) is 22.0 Å². The molecule has 0 bridgehead atoms. The molecule has 1 rings (SSSR count). The summed E-state index contributed by atoms with van der Waals surface area (Å²) in [5.41, 5.74) is 0. The molecular formula is C9H11BrO2S. The minimum absolute atomic E-state index is 0.284. The number of carboxylic acid groups (broad SMARTS) is 1. The zero-order valence-corrected chi connectivity index (χ0v) is 9.53. The third-order valence-corrected chi connectivity index (χ3v) is 3.38. The van der Waals surface area contributed by atoms with Gasteiger partial charge in [0, 0.05) is 11.3 Å². The van der Waals surface area contributed by atoms with E-state index in [4.69, 9.17) is 5.11 Å². The Bertz CT molecular complexity index is 283. The predicted molar refractivity (Wildman–Crippen MR) is 57.2 cm³/mol. The van der Waals surface area contributed by atoms with Crippen LogP contribution in [-0.4, -0.2) is 11.1 Å². The number of aliphatic carboxylic acids is 1. The van der Waals surface area contributed by atoms with Crippen molar-refractivity contribution in [3.8, 4) is 0 Å². The van der Waals surface area contributed by atoms with Crippen LogP contribution in [0.25, 0.3) is 0 Å². The monoisotopic (exact) mass is 262 g/mol. The topological polar surface area (TPSA) is 37.3 Å². The number of unbranched alkanes of at least 4 members (excludes halogenated alkanes) is 1. The van der Waals surface area contributed by atoms with Crippen molar-refractivity contribution in [1.82, 2.24) is 0 Å². The molecular weight excluding hydrogens is 252 g/mol. The fourth-order valence-corrected chi connectivity index (χ4v) is 2.59. The molecule has 1 heterocycles. The van der Waals surface area contributed by atoms with Gasteiger partial charge in [0.05, 0.1) is 3.79 Å². The highest BCUT2D eigenvalue weighted by atomic mass is 79.9. The Morgan fingerprint density at radius 1 is 1.46 bits per heavy atom. The number of thiophene rings is 1. The molecule has 0 radical (unpaired) electrons. The van der Waals surface area contributed by atoms with Crippen molar-refractivity contribution in [3.05, 3.63) is 20.8 Å². The van der Waals surface area contributed by atoms with E-state index in [1.54, 1.807) is 11.3 Å². The zero-order chi connectivity index (χ0) is 9.68. The highest BCUT2D eigenvalue weighted by Crippen LogP contribution is 2.23. The van der Waals surface area contributed by atoms with E-state index in [0.29, 0.717) is 0 Å². The largest absolute Gasteiger partial charge is 0.481 e. The van der Waals surface area contributed by atoms with Gasteiger partial charge in [0.15, 0.2) is 0 Å². The number of hydrogen-bond donors (Lipinski definition) is 1. The van der Waals surface area contributed by atoms with Crippen LogP contribution in [0.4, 0.5) is 0 Å². The van der Waals surface area contributed by atoms with Gasteiger partial charge in [-0.1, -0.05) is 0 Å². The predicted octanol–water partition coefficient (Wildman–Crippen LogP) is 3.31. The molecule has 13 heavy (non-hydrogen) atoms. The summed E-state index contributed by atoms with van der Waals surface area (Å²) in [6.07, 6.45) is 3.00. The summed E-state index contributed by atoms with van der Waals surface area (Å²) in [6.45, 7) is 0. The molecule has 0 atom stereocenters. The highest BCUT2D eigenvalue weighted by molar-refractivity contribution is 9.11. The number of halogens is 1. The third-order valence-electron chi connectivity index (χ3n) is 1.69. The first-order chi connectivity index (χ1) is 6.18. The molecule has 0 saturated heterocycles. The van der Waals surface area contributed by atoms with E-state index in [-0.39, 0.29) is 6.42 Å². The summed E-state index contributed by atoms with van der Waals surface area (Å²) in [4.78, 5) is 11.5. The normalized spacial score (nSPS) is 10.2. The first-order valence-electron chi connectivity index (χ1n) is 4.14. The zero-order valence-electron chi connectivity index (χ0n) is 7.12. The standard InChI is InChI=1S/C9H11BrO2S/c10-8-6-5-7(13-8)3-1-2-4-9(11)12/h5-6H,1-4H2,(H,11,12). The van der Waals surface area contributed by atoms with Crippen molar-refractivity contribution >= 4 is 33.2 Å². The SMILES string of the molecule is O=C(O)CCCCc1ccc(Br)s1. The van der Waals surface area contributed by atoms with E-state index in [1.165, 1.54) is 4.88 Å². The second-order valence-corrected chi connectivity index (χ2v) is 5.35. The summed E-state index contributed by atoms with van der Waals surface area (Å²) in [7, 11) is 0. The summed E-state index contributed by atoms with van der Waals surface area (Å²) < 4.78 is 1.14. The fourth-order valence-electron chi connectivity index (χ4n) is 1.06. The van der Waals surface area contributed by atoms with Gasteiger partial charge in [-0.2, -0.15) is 0 Å². The number of aryl methyl sites for hydroxylation is 1. The van der Waals surface area contributed by atoms with Crippen LogP contribution in [0.1, 0.15) is 24.1 Å². The van der Waals surface area contributed by atoms with Crippen LogP contribution in [-0.2, 0) is 11.2 Å². The molecule has 1 aromatic heterocycles. The Hall–Kier alpha value is -0.350. The fraction of sp³-hybridized carbons (Fsp3) is 0.444. The van der Waals surface area contributed by atoms with Crippen LogP contribution in [0.5, 0.6) is 0 Å². The van der Waals surface area contributed by atoms with Crippen molar-refractivity contribution in [2.24, 2.45) is 0 Å². The first-order valence-corrected chi connectivity index (χ1v) is 5.75. The van der Waals surface area contributed by atoms with Gasteiger partial charge in [-0.3, -0.25) is 4.79 Å². The molecule has 0 fully saturated rings. The molecule has 0 aromatic carbocycles. The van der Waals surface area contributed by atoms with Crippen LogP contribution in [0, 0.1) is 0 Å². The third kappa shape index (κ3) is 4.43. The lowest BCUT2D eigenvalue weighted by atomic mass is 10.2. The van der Waals surface area contributed by atoms with Crippen LogP contribution >= 0.6 is 27.3 Å². The molecule has 4 heteroatoms. The highest BCUT2D eigenvalue weighted by Gasteiger charge is 1.99. The van der Waals surface area contributed by atoms with Gasteiger partial charge in [0.1, 0.15) is 0 Å². The Kier molecular flexibility index (Phi) is 4.45. The first kappa shape index (κ1) is 10.7. The smallest absolute Gasteiger partial charge is 0.303 e. The van der Waals surface area contributed by atoms with Gasteiger partial charge in [0.25, 0.3) is 0 Å². The van der Waals surface area contributed by atoms with Crippen LogP contribution in [0.15, 0.2) is 15.9 Å². The second kappa shape index (κ2) is 5.40. The quantitative estimate of drug-likeness (QED) is 0.827. The van der Waals surface area contributed by atoms with Crippen LogP contribution < -0.4 is 0 Å². The summed E-state index contributed by atoms with van der Waals surface area (Å²) >= 11 is 5.10. The van der Waals surface area contributed by atoms with Crippen LogP contribution in [0.2, 0.25) is 0 Å². The summed E-state index contributed by atoms with van der Waals surface area (Å²) in [5.74, 6) is -0.702. The second-order valence-electron chi connectivity index (χ2n) is 2.81. The number of carbonyl (C=O) groups is 1. The maximum atomic E-state index is 10.2.